The zero-order valence-corrected chi connectivity index (χ0v) is 21.7. The van der Waals surface area contributed by atoms with Crippen LogP contribution in [-0.4, -0.2) is 56.5 Å². The normalized spacial score (nSPS) is 16.9. The summed E-state index contributed by atoms with van der Waals surface area (Å²) in [6.07, 6.45) is 0.929. The van der Waals surface area contributed by atoms with Crippen molar-refractivity contribution in [3.8, 4) is 0 Å². The minimum atomic E-state index is -0.670. The maximum Gasteiger partial charge on any atom is 0.251 e. The van der Waals surface area contributed by atoms with Gasteiger partial charge < -0.3 is 20.3 Å². The van der Waals surface area contributed by atoms with E-state index in [-0.39, 0.29) is 50.1 Å². The zero-order valence-electron chi connectivity index (χ0n) is 21.7. The lowest BCUT2D eigenvalue weighted by Crippen LogP contribution is -2.33. The smallest absolute Gasteiger partial charge is 0.251 e. The van der Waals surface area contributed by atoms with E-state index in [9.17, 15) is 24.3 Å². The Morgan fingerprint density at radius 1 is 1.08 bits per heavy atom. The zero-order chi connectivity index (χ0) is 27.9. The molecule has 0 saturated heterocycles. The standard InChI is InChI=1S/C28H33N5O6/c1-17-13-20(17)24(35)16-29-28(38)19-7-8-23-21(15-19)31-27(33(23)11-12-34)22(14-18-5-3-2-4-6-18)30-25(36)9-10-26(37)32-39/h2-8,15,17,20,22,34,39H,9-14,16H2,1H3,(H,29,38)(H,30,36)(H,32,37). The average molecular weight is 536 g/mol. The van der Waals surface area contributed by atoms with E-state index in [0.29, 0.717) is 34.8 Å². The molecular formula is C28H33N5O6. The van der Waals surface area contributed by atoms with Gasteiger partial charge >= 0.3 is 0 Å². The number of fused-ring (bicyclic) bond motifs is 1. The van der Waals surface area contributed by atoms with Crippen LogP contribution in [0.2, 0.25) is 0 Å². The Kier molecular flexibility index (Phi) is 9.05. The second-order valence-corrected chi connectivity index (χ2v) is 9.86. The van der Waals surface area contributed by atoms with E-state index in [1.54, 1.807) is 22.8 Å². The van der Waals surface area contributed by atoms with Crippen LogP contribution in [0, 0.1) is 11.8 Å². The fourth-order valence-corrected chi connectivity index (χ4v) is 4.67. The molecule has 0 radical (unpaired) electrons. The average Bonchev–Trinajstić information content (AvgIpc) is 3.58. The number of hydroxylamine groups is 1. The molecule has 1 saturated carbocycles. The summed E-state index contributed by atoms with van der Waals surface area (Å²) in [6, 6.07) is 13.9. The first kappa shape index (κ1) is 27.9. The van der Waals surface area contributed by atoms with Crippen molar-refractivity contribution in [2.45, 2.75) is 45.2 Å². The van der Waals surface area contributed by atoms with Gasteiger partial charge in [0.15, 0.2) is 5.78 Å². The van der Waals surface area contributed by atoms with Gasteiger partial charge in [-0.05, 0) is 42.5 Å². The van der Waals surface area contributed by atoms with Gasteiger partial charge in [0.25, 0.3) is 5.91 Å². The number of aliphatic hydroxyl groups is 1. The highest BCUT2D eigenvalue weighted by Gasteiger charge is 2.38. The molecule has 1 fully saturated rings. The van der Waals surface area contributed by atoms with Crippen molar-refractivity contribution in [2.75, 3.05) is 13.2 Å². The van der Waals surface area contributed by atoms with Crippen LogP contribution in [0.3, 0.4) is 0 Å². The molecule has 1 aliphatic rings. The molecule has 0 spiro atoms. The molecule has 11 nitrogen and oxygen atoms in total. The van der Waals surface area contributed by atoms with Crippen molar-refractivity contribution in [2.24, 2.45) is 11.8 Å². The summed E-state index contributed by atoms with van der Waals surface area (Å²) in [4.78, 5) is 53.8. The lowest BCUT2D eigenvalue weighted by molar-refractivity contribution is -0.132. The van der Waals surface area contributed by atoms with Crippen LogP contribution in [-0.2, 0) is 27.3 Å². The van der Waals surface area contributed by atoms with Crippen molar-refractivity contribution in [1.82, 2.24) is 25.7 Å². The maximum absolute atomic E-state index is 12.8. The van der Waals surface area contributed by atoms with Gasteiger partial charge in [-0.15, -0.1) is 0 Å². The number of carbonyl (C=O) groups excluding carboxylic acids is 4. The fourth-order valence-electron chi connectivity index (χ4n) is 4.67. The number of aliphatic hydroxyl groups excluding tert-OH is 1. The summed E-state index contributed by atoms with van der Waals surface area (Å²) < 4.78 is 1.79. The Morgan fingerprint density at radius 3 is 2.46 bits per heavy atom. The summed E-state index contributed by atoms with van der Waals surface area (Å²) in [5.41, 5.74) is 3.97. The first-order valence-electron chi connectivity index (χ1n) is 13.0. The predicted molar refractivity (Wildman–Crippen MR) is 142 cm³/mol. The van der Waals surface area contributed by atoms with Crippen LogP contribution >= 0.6 is 0 Å². The van der Waals surface area contributed by atoms with Gasteiger partial charge in [0.05, 0.1) is 30.2 Å². The number of imidazole rings is 1. The van der Waals surface area contributed by atoms with Crippen LogP contribution in [0.5, 0.6) is 0 Å². The Hall–Kier alpha value is -4.09. The number of nitrogens with zero attached hydrogens (tertiary/aromatic N) is 2. The van der Waals surface area contributed by atoms with Gasteiger partial charge in [-0.25, -0.2) is 10.5 Å². The molecule has 3 aromatic rings. The molecule has 3 atom stereocenters. The quantitative estimate of drug-likeness (QED) is 0.164. The number of amides is 3. The Labute approximate surface area is 225 Å². The van der Waals surface area contributed by atoms with Gasteiger partial charge in [-0.2, -0.15) is 0 Å². The molecule has 206 valence electrons. The topological polar surface area (TPSA) is 163 Å². The molecule has 2 aromatic carbocycles. The molecule has 39 heavy (non-hydrogen) atoms. The Morgan fingerprint density at radius 2 is 1.79 bits per heavy atom. The molecule has 4 rings (SSSR count). The number of ketones is 1. The molecule has 1 heterocycles. The highest BCUT2D eigenvalue weighted by Crippen LogP contribution is 2.38. The van der Waals surface area contributed by atoms with Crippen molar-refractivity contribution < 1.29 is 29.5 Å². The SMILES string of the molecule is CC1CC1C(=O)CNC(=O)c1ccc2c(c1)nc(C(Cc1ccccc1)NC(=O)CCC(=O)NO)n2CCO. The maximum atomic E-state index is 12.8. The van der Waals surface area contributed by atoms with E-state index in [1.807, 2.05) is 37.3 Å². The lowest BCUT2D eigenvalue weighted by atomic mass is 10.0. The van der Waals surface area contributed by atoms with E-state index in [0.717, 1.165) is 12.0 Å². The highest BCUT2D eigenvalue weighted by atomic mass is 16.5. The second kappa shape index (κ2) is 12.6. The van der Waals surface area contributed by atoms with Crippen molar-refractivity contribution >= 4 is 34.5 Å². The second-order valence-electron chi connectivity index (χ2n) is 9.86. The number of rotatable bonds is 13. The summed E-state index contributed by atoms with van der Waals surface area (Å²) in [5.74, 6) is -0.544. The molecule has 0 aliphatic heterocycles. The van der Waals surface area contributed by atoms with Crippen LogP contribution in [0.25, 0.3) is 11.0 Å². The molecule has 0 bridgehead atoms. The van der Waals surface area contributed by atoms with E-state index >= 15 is 0 Å². The Balaban J connectivity index is 1.60. The highest BCUT2D eigenvalue weighted by molar-refractivity contribution is 5.99. The van der Waals surface area contributed by atoms with Crippen LogP contribution in [0.4, 0.5) is 0 Å². The molecular weight excluding hydrogens is 502 g/mol. The van der Waals surface area contributed by atoms with E-state index < -0.39 is 17.9 Å². The van der Waals surface area contributed by atoms with Gasteiger partial charge in [-0.3, -0.25) is 24.4 Å². The van der Waals surface area contributed by atoms with E-state index in [1.165, 1.54) is 5.48 Å². The number of hydrogen-bond donors (Lipinski definition) is 5. The number of benzene rings is 2. The summed E-state index contributed by atoms with van der Waals surface area (Å²) >= 11 is 0. The van der Waals surface area contributed by atoms with Crippen LogP contribution in [0.15, 0.2) is 48.5 Å². The van der Waals surface area contributed by atoms with Crippen molar-refractivity contribution in [3.05, 3.63) is 65.5 Å². The molecule has 1 aliphatic carbocycles. The molecule has 3 unspecified atom stereocenters. The van der Waals surface area contributed by atoms with E-state index in [4.69, 9.17) is 10.2 Å². The molecule has 11 heteroatoms. The van der Waals surface area contributed by atoms with E-state index in [2.05, 4.69) is 10.6 Å². The largest absolute Gasteiger partial charge is 0.395 e. The first-order valence-corrected chi connectivity index (χ1v) is 13.0. The summed E-state index contributed by atoms with van der Waals surface area (Å²) in [7, 11) is 0. The number of hydrogen-bond acceptors (Lipinski definition) is 7. The fraction of sp³-hybridized carbons (Fsp3) is 0.393. The number of Topliss-reactive ketones (excluding diaryl/α,β-unsaturated/α-hetero) is 1. The van der Waals surface area contributed by atoms with Gasteiger partial charge in [0.1, 0.15) is 5.82 Å². The van der Waals surface area contributed by atoms with Crippen molar-refractivity contribution in [1.29, 1.82) is 0 Å². The first-order chi connectivity index (χ1) is 18.8. The number of nitrogens with one attached hydrogen (secondary N) is 3. The third-order valence-corrected chi connectivity index (χ3v) is 6.94. The monoisotopic (exact) mass is 535 g/mol. The lowest BCUT2D eigenvalue weighted by Gasteiger charge is -2.20. The third-order valence-electron chi connectivity index (χ3n) is 6.94. The van der Waals surface area contributed by atoms with Gasteiger partial charge in [-0.1, -0.05) is 37.3 Å². The minimum absolute atomic E-state index is 0.0183. The van der Waals surface area contributed by atoms with Crippen LogP contribution < -0.4 is 16.1 Å². The van der Waals surface area contributed by atoms with Gasteiger partial charge in [0, 0.05) is 30.9 Å². The van der Waals surface area contributed by atoms with Crippen LogP contribution in [0.1, 0.15) is 54.0 Å². The number of aromatic nitrogens is 2. The minimum Gasteiger partial charge on any atom is -0.395 e. The van der Waals surface area contributed by atoms with Gasteiger partial charge in [0.2, 0.25) is 11.8 Å². The van der Waals surface area contributed by atoms with Crippen molar-refractivity contribution in [3.63, 3.8) is 0 Å². The molecule has 5 N–H and O–H groups in total. The molecule has 3 amide bonds. The Bertz CT molecular complexity index is 1360. The summed E-state index contributed by atoms with van der Waals surface area (Å²) in [5, 5.41) is 24.1. The third kappa shape index (κ3) is 7.06. The molecule has 1 aromatic heterocycles. The number of carbonyl (C=O) groups is 4. The summed E-state index contributed by atoms with van der Waals surface area (Å²) in [6.45, 7) is 2.03. The predicted octanol–water partition coefficient (Wildman–Crippen LogP) is 1.67.